The van der Waals surface area contributed by atoms with E-state index in [4.69, 9.17) is 0 Å². The molecule has 76 valence electrons. The highest BCUT2D eigenvalue weighted by molar-refractivity contribution is 5.25. The number of rotatable bonds is 1. The Morgan fingerprint density at radius 1 is 1.21 bits per heavy atom. The average molecular weight is 192 g/mol. The van der Waals surface area contributed by atoms with Crippen molar-refractivity contribution >= 4 is 5.78 Å². The summed E-state index contributed by atoms with van der Waals surface area (Å²) < 4.78 is 1.69. The van der Waals surface area contributed by atoms with E-state index in [9.17, 15) is 0 Å². The quantitative estimate of drug-likeness (QED) is 0.696. The van der Waals surface area contributed by atoms with Crippen LogP contribution < -0.4 is 0 Å². The number of nitrogens with zero attached hydrogens (tertiary/aromatic N) is 4. The van der Waals surface area contributed by atoms with Crippen molar-refractivity contribution in [3.8, 4) is 0 Å². The van der Waals surface area contributed by atoms with E-state index in [1.165, 1.54) is 19.2 Å². The third-order valence-corrected chi connectivity index (χ3v) is 1.87. The lowest BCUT2D eigenvalue weighted by Gasteiger charge is -1.92. The molecule has 2 aromatic rings. The summed E-state index contributed by atoms with van der Waals surface area (Å²) in [5.74, 6) is 0.653. The van der Waals surface area contributed by atoms with Gasteiger partial charge >= 0.3 is 0 Å². The molecule has 14 heavy (non-hydrogen) atoms. The molecule has 0 radical (unpaired) electrons. The fourth-order valence-corrected chi connectivity index (χ4v) is 0.855. The molecule has 2 aromatic heterocycles. The number of unbranched alkanes of at least 4 members (excludes halogenated alkanes) is 1. The Morgan fingerprint density at radius 3 is 2.50 bits per heavy atom. The molecule has 4 heteroatoms. The van der Waals surface area contributed by atoms with Crippen molar-refractivity contribution < 1.29 is 0 Å². The molecule has 0 bridgehead atoms. The van der Waals surface area contributed by atoms with Gasteiger partial charge in [0.15, 0.2) is 0 Å². The number of aromatic nitrogens is 4. The van der Waals surface area contributed by atoms with Gasteiger partial charge in [-0.25, -0.2) is 9.50 Å². The van der Waals surface area contributed by atoms with Crippen LogP contribution in [0.4, 0.5) is 0 Å². The number of aryl methyl sites for hydroxylation is 1. The SMILES string of the molecule is CCCC.Cc1ccnc2ncnn12. The molecular weight excluding hydrogens is 176 g/mol. The number of hydrogen-bond donors (Lipinski definition) is 0. The summed E-state index contributed by atoms with van der Waals surface area (Å²) in [6.45, 7) is 6.32. The van der Waals surface area contributed by atoms with E-state index in [0.717, 1.165) is 5.69 Å². The summed E-state index contributed by atoms with van der Waals surface area (Å²) in [7, 11) is 0. The molecule has 0 N–H and O–H groups in total. The standard InChI is InChI=1S/C6H6N4.C4H10/c1-5-2-3-7-6-8-4-9-10(5)6;1-3-4-2/h2-4H,1H3;3-4H2,1-2H3. The van der Waals surface area contributed by atoms with E-state index in [2.05, 4.69) is 28.9 Å². The Morgan fingerprint density at radius 2 is 1.93 bits per heavy atom. The molecule has 2 rings (SSSR count). The molecule has 0 aliphatic carbocycles. The summed E-state index contributed by atoms with van der Waals surface area (Å²) in [6.07, 6.45) is 5.86. The van der Waals surface area contributed by atoms with E-state index >= 15 is 0 Å². The van der Waals surface area contributed by atoms with Crippen molar-refractivity contribution in [2.45, 2.75) is 33.6 Å². The first kappa shape index (κ1) is 10.6. The second-order valence-electron chi connectivity index (χ2n) is 3.06. The van der Waals surface area contributed by atoms with Gasteiger partial charge in [0.1, 0.15) is 6.33 Å². The van der Waals surface area contributed by atoms with E-state index in [-0.39, 0.29) is 0 Å². The summed E-state index contributed by atoms with van der Waals surface area (Å²) >= 11 is 0. The molecule has 4 nitrogen and oxygen atoms in total. The fraction of sp³-hybridized carbons (Fsp3) is 0.500. The van der Waals surface area contributed by atoms with Gasteiger partial charge in [-0.1, -0.05) is 26.7 Å². The van der Waals surface area contributed by atoms with Crippen LogP contribution in [0.15, 0.2) is 18.6 Å². The van der Waals surface area contributed by atoms with Crippen molar-refractivity contribution in [3.05, 3.63) is 24.3 Å². The zero-order valence-corrected chi connectivity index (χ0v) is 8.94. The van der Waals surface area contributed by atoms with Crippen LogP contribution in [0.3, 0.4) is 0 Å². The average Bonchev–Trinajstić information content (AvgIpc) is 2.68. The zero-order chi connectivity index (χ0) is 10.4. The van der Waals surface area contributed by atoms with Crippen LogP contribution in [0, 0.1) is 6.92 Å². The Balaban J connectivity index is 0.000000213. The lowest BCUT2D eigenvalue weighted by atomic mass is 10.4. The second-order valence-corrected chi connectivity index (χ2v) is 3.06. The van der Waals surface area contributed by atoms with E-state index < -0.39 is 0 Å². The van der Waals surface area contributed by atoms with Crippen molar-refractivity contribution in [1.29, 1.82) is 0 Å². The second kappa shape index (κ2) is 5.32. The summed E-state index contributed by atoms with van der Waals surface area (Å²) in [6, 6.07) is 1.89. The van der Waals surface area contributed by atoms with E-state index in [1.54, 1.807) is 10.7 Å². The van der Waals surface area contributed by atoms with Crippen molar-refractivity contribution in [2.75, 3.05) is 0 Å². The molecule has 0 saturated heterocycles. The monoisotopic (exact) mass is 192 g/mol. The molecule has 0 amide bonds. The van der Waals surface area contributed by atoms with Gasteiger partial charge in [-0.3, -0.25) is 0 Å². The third kappa shape index (κ3) is 2.52. The maximum atomic E-state index is 3.99. The Labute approximate surface area is 84.0 Å². The Bertz CT molecular complexity index is 378. The largest absolute Gasteiger partial charge is 0.252 e. The topological polar surface area (TPSA) is 43.1 Å². The predicted molar refractivity (Wildman–Crippen MR) is 56.1 cm³/mol. The first-order chi connectivity index (χ1) is 6.79. The predicted octanol–water partition coefficient (Wildman–Crippen LogP) is 2.24. The lowest BCUT2D eigenvalue weighted by Crippen LogP contribution is -1.93. The smallest absolute Gasteiger partial charge is 0.220 e. The molecule has 0 fully saturated rings. The summed E-state index contributed by atoms with van der Waals surface area (Å²) in [5, 5.41) is 3.96. The Hall–Kier alpha value is -1.45. The van der Waals surface area contributed by atoms with Gasteiger partial charge in [0.05, 0.1) is 0 Å². The van der Waals surface area contributed by atoms with Gasteiger partial charge in [-0.05, 0) is 13.0 Å². The number of hydrogen-bond acceptors (Lipinski definition) is 3. The lowest BCUT2D eigenvalue weighted by molar-refractivity contribution is 0.886. The summed E-state index contributed by atoms with van der Waals surface area (Å²) in [4.78, 5) is 7.91. The van der Waals surface area contributed by atoms with Gasteiger partial charge in [0.25, 0.3) is 5.78 Å². The van der Waals surface area contributed by atoms with Gasteiger partial charge in [0, 0.05) is 11.9 Å². The minimum absolute atomic E-state index is 0.653. The minimum atomic E-state index is 0.653. The zero-order valence-electron chi connectivity index (χ0n) is 8.94. The molecule has 0 saturated carbocycles. The highest BCUT2D eigenvalue weighted by Crippen LogP contribution is 1.96. The van der Waals surface area contributed by atoms with Crippen LogP contribution in [0.2, 0.25) is 0 Å². The first-order valence-corrected chi connectivity index (χ1v) is 4.91. The normalized spacial score (nSPS) is 9.64. The molecule has 0 atom stereocenters. The van der Waals surface area contributed by atoms with Gasteiger partial charge in [-0.2, -0.15) is 10.1 Å². The highest BCUT2D eigenvalue weighted by Gasteiger charge is 1.95. The van der Waals surface area contributed by atoms with Gasteiger partial charge in [-0.15, -0.1) is 0 Å². The van der Waals surface area contributed by atoms with Crippen LogP contribution >= 0.6 is 0 Å². The van der Waals surface area contributed by atoms with Crippen molar-refractivity contribution in [2.24, 2.45) is 0 Å². The van der Waals surface area contributed by atoms with Crippen LogP contribution in [0.1, 0.15) is 32.4 Å². The molecule has 0 aliphatic heterocycles. The van der Waals surface area contributed by atoms with Crippen molar-refractivity contribution in [1.82, 2.24) is 19.6 Å². The Kier molecular flexibility index (Phi) is 4.04. The molecule has 0 spiro atoms. The maximum absolute atomic E-state index is 3.99. The molecule has 0 aromatic carbocycles. The van der Waals surface area contributed by atoms with Crippen LogP contribution in [-0.4, -0.2) is 19.6 Å². The van der Waals surface area contributed by atoms with Crippen LogP contribution in [0.5, 0.6) is 0 Å². The summed E-state index contributed by atoms with van der Waals surface area (Å²) in [5.41, 5.74) is 1.04. The maximum Gasteiger partial charge on any atom is 0.252 e. The van der Waals surface area contributed by atoms with Gasteiger partial charge < -0.3 is 0 Å². The fourth-order valence-electron chi connectivity index (χ4n) is 0.855. The third-order valence-electron chi connectivity index (χ3n) is 1.87. The number of fused-ring (bicyclic) bond motifs is 1. The molecule has 0 unspecified atom stereocenters. The van der Waals surface area contributed by atoms with Crippen molar-refractivity contribution in [3.63, 3.8) is 0 Å². The molecule has 2 heterocycles. The molecular formula is C10H16N4. The van der Waals surface area contributed by atoms with E-state index in [0.29, 0.717) is 5.78 Å². The highest BCUT2D eigenvalue weighted by atomic mass is 15.3. The first-order valence-electron chi connectivity index (χ1n) is 4.91. The van der Waals surface area contributed by atoms with Gasteiger partial charge in [0.2, 0.25) is 0 Å². The molecule has 0 aliphatic rings. The van der Waals surface area contributed by atoms with Crippen LogP contribution in [0.25, 0.3) is 5.78 Å². The minimum Gasteiger partial charge on any atom is -0.220 e. The van der Waals surface area contributed by atoms with E-state index in [1.807, 2.05) is 13.0 Å². The van der Waals surface area contributed by atoms with Crippen LogP contribution in [-0.2, 0) is 0 Å².